The molecule has 2 aromatic carbocycles. The second-order valence-corrected chi connectivity index (χ2v) is 6.09. The molecular weight excluding hydrogens is 298 g/mol. The highest BCUT2D eigenvalue weighted by molar-refractivity contribution is 7.90. The predicted molar refractivity (Wildman–Crippen MR) is 86.4 cm³/mol. The van der Waals surface area contributed by atoms with Crippen molar-refractivity contribution in [3.63, 3.8) is 0 Å². The molecule has 4 nitrogen and oxygen atoms in total. The van der Waals surface area contributed by atoms with Crippen LogP contribution in [0.25, 0.3) is 6.08 Å². The minimum absolute atomic E-state index is 0.0524. The molecule has 0 bridgehead atoms. The smallest absolute Gasteiger partial charge is 0.264 e. The Balaban J connectivity index is 1.96. The average molecular weight is 313 g/mol. The second kappa shape index (κ2) is 7.38. The molecule has 2 aromatic rings. The van der Waals surface area contributed by atoms with Crippen molar-refractivity contribution >= 4 is 22.0 Å². The van der Waals surface area contributed by atoms with E-state index in [1.807, 2.05) is 41.1 Å². The molecule has 0 saturated heterocycles. The summed E-state index contributed by atoms with van der Waals surface area (Å²) in [6.07, 6.45) is 6.14. The zero-order valence-corrected chi connectivity index (χ0v) is 12.5. The highest BCUT2D eigenvalue weighted by Gasteiger charge is 2.14. The van der Waals surface area contributed by atoms with E-state index in [-0.39, 0.29) is 4.90 Å². The molecular formula is C17H15NO3S. The van der Waals surface area contributed by atoms with Crippen molar-refractivity contribution in [3.8, 4) is 0 Å². The molecule has 0 spiro atoms. The van der Waals surface area contributed by atoms with Gasteiger partial charge in [-0.1, -0.05) is 66.8 Å². The number of carbonyl (C=O) groups is 1. The lowest BCUT2D eigenvalue weighted by Gasteiger charge is -2.03. The number of allylic oxidation sites excluding steroid dienone is 2. The molecule has 2 rings (SSSR count). The molecule has 22 heavy (non-hydrogen) atoms. The zero-order chi connectivity index (χ0) is 15.8. The lowest BCUT2D eigenvalue weighted by molar-refractivity contribution is -0.114. The third kappa shape index (κ3) is 4.71. The number of hydrogen-bond acceptors (Lipinski definition) is 3. The highest BCUT2D eigenvalue weighted by atomic mass is 32.2. The molecule has 1 amide bonds. The van der Waals surface area contributed by atoms with Gasteiger partial charge in [-0.3, -0.25) is 4.79 Å². The average Bonchev–Trinajstić information content (AvgIpc) is 2.53. The van der Waals surface area contributed by atoms with Crippen molar-refractivity contribution in [2.75, 3.05) is 0 Å². The SMILES string of the molecule is O=C(C=CC=Cc1ccccc1)NS(=O)(=O)c1ccccc1. The Hall–Kier alpha value is -2.66. The first-order valence-corrected chi connectivity index (χ1v) is 8.08. The fourth-order valence-corrected chi connectivity index (χ4v) is 2.66. The Morgan fingerprint density at radius 3 is 2.09 bits per heavy atom. The van der Waals surface area contributed by atoms with E-state index in [1.165, 1.54) is 24.3 Å². The third-order valence-corrected chi connectivity index (χ3v) is 4.10. The van der Waals surface area contributed by atoms with Gasteiger partial charge in [-0.25, -0.2) is 13.1 Å². The predicted octanol–water partition coefficient (Wildman–Crippen LogP) is 2.76. The Morgan fingerprint density at radius 1 is 0.864 bits per heavy atom. The lowest BCUT2D eigenvalue weighted by atomic mass is 10.2. The molecule has 0 fully saturated rings. The summed E-state index contributed by atoms with van der Waals surface area (Å²) in [5, 5.41) is 0. The van der Waals surface area contributed by atoms with Crippen LogP contribution in [0, 0.1) is 0 Å². The van der Waals surface area contributed by atoms with Gasteiger partial charge in [0.25, 0.3) is 15.9 Å². The fraction of sp³-hybridized carbons (Fsp3) is 0. The lowest BCUT2D eigenvalue weighted by Crippen LogP contribution is -2.28. The molecule has 1 N–H and O–H groups in total. The van der Waals surface area contributed by atoms with Crippen molar-refractivity contribution in [2.24, 2.45) is 0 Å². The third-order valence-electron chi connectivity index (χ3n) is 2.74. The molecule has 0 atom stereocenters. The standard InChI is InChI=1S/C17H15NO3S/c19-17(14-8-7-11-15-9-3-1-4-10-15)18-22(20,21)16-12-5-2-6-13-16/h1-14H,(H,18,19). The van der Waals surface area contributed by atoms with Crippen molar-refractivity contribution in [2.45, 2.75) is 4.90 Å². The number of amides is 1. The topological polar surface area (TPSA) is 63.2 Å². The van der Waals surface area contributed by atoms with Gasteiger partial charge in [0.2, 0.25) is 0 Å². The second-order valence-electron chi connectivity index (χ2n) is 4.41. The molecule has 0 aliphatic rings. The van der Waals surface area contributed by atoms with Crippen LogP contribution in [0.3, 0.4) is 0 Å². The zero-order valence-electron chi connectivity index (χ0n) is 11.7. The molecule has 0 heterocycles. The first-order valence-electron chi connectivity index (χ1n) is 6.59. The van der Waals surface area contributed by atoms with E-state index in [1.54, 1.807) is 24.3 Å². The maximum absolute atomic E-state index is 11.9. The summed E-state index contributed by atoms with van der Waals surface area (Å²) in [6.45, 7) is 0. The van der Waals surface area contributed by atoms with Gasteiger partial charge in [0, 0.05) is 6.08 Å². The Labute approximate surface area is 129 Å². The van der Waals surface area contributed by atoms with Crippen molar-refractivity contribution < 1.29 is 13.2 Å². The van der Waals surface area contributed by atoms with Crippen molar-refractivity contribution in [1.82, 2.24) is 4.72 Å². The minimum Gasteiger partial charge on any atom is -0.269 e. The number of sulfonamides is 1. The summed E-state index contributed by atoms with van der Waals surface area (Å²) >= 11 is 0. The first-order chi connectivity index (χ1) is 10.6. The van der Waals surface area contributed by atoms with Crippen LogP contribution >= 0.6 is 0 Å². The Morgan fingerprint density at radius 2 is 1.45 bits per heavy atom. The van der Waals surface area contributed by atoms with E-state index in [0.717, 1.165) is 5.56 Å². The Kier molecular flexibility index (Phi) is 5.27. The number of nitrogens with one attached hydrogen (secondary N) is 1. The summed E-state index contributed by atoms with van der Waals surface area (Å²) in [5.74, 6) is -0.693. The molecule has 112 valence electrons. The van der Waals surface area contributed by atoms with Crippen molar-refractivity contribution in [1.29, 1.82) is 0 Å². The van der Waals surface area contributed by atoms with Crippen molar-refractivity contribution in [3.05, 3.63) is 84.5 Å². The largest absolute Gasteiger partial charge is 0.269 e. The van der Waals surface area contributed by atoms with Crippen LogP contribution in [0.2, 0.25) is 0 Å². The monoisotopic (exact) mass is 313 g/mol. The number of rotatable bonds is 5. The summed E-state index contributed by atoms with van der Waals surface area (Å²) in [5.41, 5.74) is 0.990. The van der Waals surface area contributed by atoms with E-state index in [4.69, 9.17) is 0 Å². The minimum atomic E-state index is -3.82. The van der Waals surface area contributed by atoms with Crippen LogP contribution in [0.1, 0.15) is 5.56 Å². The molecule has 0 unspecified atom stereocenters. The highest BCUT2D eigenvalue weighted by Crippen LogP contribution is 2.06. The van der Waals surface area contributed by atoms with E-state index in [0.29, 0.717) is 0 Å². The van der Waals surface area contributed by atoms with E-state index in [2.05, 4.69) is 0 Å². The van der Waals surface area contributed by atoms with Crippen LogP contribution in [-0.2, 0) is 14.8 Å². The van der Waals surface area contributed by atoms with Crippen LogP contribution in [0.4, 0.5) is 0 Å². The molecule has 0 radical (unpaired) electrons. The molecule has 5 heteroatoms. The number of benzene rings is 2. The van der Waals surface area contributed by atoms with Gasteiger partial charge in [-0.2, -0.15) is 0 Å². The maximum atomic E-state index is 11.9. The Bertz CT molecular complexity index is 779. The van der Waals surface area contributed by atoms with Gasteiger partial charge in [0.05, 0.1) is 4.90 Å². The summed E-state index contributed by atoms with van der Waals surface area (Å²) < 4.78 is 25.8. The molecule has 0 saturated carbocycles. The van der Waals surface area contributed by atoms with E-state index >= 15 is 0 Å². The van der Waals surface area contributed by atoms with Crippen LogP contribution in [0.5, 0.6) is 0 Å². The summed E-state index contributed by atoms with van der Waals surface area (Å²) in [6, 6.07) is 17.3. The van der Waals surface area contributed by atoms with Gasteiger partial charge < -0.3 is 0 Å². The first kappa shape index (κ1) is 15.7. The van der Waals surface area contributed by atoms with Crippen LogP contribution in [-0.4, -0.2) is 14.3 Å². The molecule has 0 aliphatic heterocycles. The summed E-state index contributed by atoms with van der Waals surface area (Å²) in [4.78, 5) is 11.7. The molecule has 0 aromatic heterocycles. The van der Waals surface area contributed by atoms with Crippen LogP contribution < -0.4 is 4.72 Å². The van der Waals surface area contributed by atoms with E-state index in [9.17, 15) is 13.2 Å². The van der Waals surface area contributed by atoms with E-state index < -0.39 is 15.9 Å². The van der Waals surface area contributed by atoms with Gasteiger partial charge >= 0.3 is 0 Å². The fourth-order valence-electron chi connectivity index (χ4n) is 1.70. The van der Waals surface area contributed by atoms with Gasteiger partial charge in [0.1, 0.15) is 0 Å². The normalized spacial score (nSPS) is 11.8. The number of hydrogen-bond donors (Lipinski definition) is 1. The van der Waals surface area contributed by atoms with Gasteiger partial charge in [-0.05, 0) is 17.7 Å². The summed E-state index contributed by atoms with van der Waals surface area (Å²) in [7, 11) is -3.82. The van der Waals surface area contributed by atoms with Crippen LogP contribution in [0.15, 0.2) is 83.8 Å². The maximum Gasteiger partial charge on any atom is 0.264 e. The number of carbonyl (C=O) groups excluding carboxylic acids is 1. The van der Waals surface area contributed by atoms with Gasteiger partial charge in [-0.15, -0.1) is 0 Å². The quantitative estimate of drug-likeness (QED) is 0.682. The molecule has 0 aliphatic carbocycles. The van der Waals surface area contributed by atoms with Gasteiger partial charge in [0.15, 0.2) is 0 Å².